The van der Waals surface area contributed by atoms with Crippen LogP contribution in [0, 0.1) is 0 Å². The van der Waals surface area contributed by atoms with Gasteiger partial charge in [-0.15, -0.1) is 0 Å². The predicted molar refractivity (Wildman–Crippen MR) is 124 cm³/mol. The Morgan fingerprint density at radius 3 is 2.42 bits per heavy atom. The third kappa shape index (κ3) is 4.95. The number of amides is 1. The van der Waals surface area contributed by atoms with Crippen LogP contribution in [-0.4, -0.2) is 33.3 Å². The maximum Gasteiger partial charge on any atom is 0.416 e. The van der Waals surface area contributed by atoms with E-state index in [1.165, 1.54) is 41.9 Å². The first-order valence-corrected chi connectivity index (χ1v) is 11.0. The van der Waals surface area contributed by atoms with E-state index in [1.54, 1.807) is 11.0 Å². The van der Waals surface area contributed by atoms with E-state index < -0.39 is 29.8 Å². The van der Waals surface area contributed by atoms with Gasteiger partial charge in [-0.25, -0.2) is 13.9 Å². The second kappa shape index (κ2) is 9.48. The smallest absolute Gasteiger partial charge is 0.416 e. The summed E-state index contributed by atoms with van der Waals surface area (Å²) in [6.45, 7) is 5.83. The van der Waals surface area contributed by atoms with Crippen molar-refractivity contribution in [2.24, 2.45) is 0 Å². The molecule has 1 aliphatic rings. The second-order valence-electron chi connectivity index (χ2n) is 8.36. The minimum atomic E-state index is -4.49. The molecular formula is C25H22F4N4O3. The number of carbonyl (C=O) groups is 2. The van der Waals surface area contributed by atoms with E-state index >= 15 is 0 Å². The van der Waals surface area contributed by atoms with Crippen LogP contribution in [0.5, 0.6) is 0 Å². The van der Waals surface area contributed by atoms with Crippen LogP contribution in [0.15, 0.2) is 55.1 Å². The summed E-state index contributed by atoms with van der Waals surface area (Å²) >= 11 is 0. The number of hydrogen-bond acceptors (Lipinski definition) is 4. The predicted octanol–water partition coefficient (Wildman–Crippen LogP) is 5.05. The molecule has 1 aromatic heterocycles. The van der Waals surface area contributed by atoms with Crippen molar-refractivity contribution in [3.05, 3.63) is 88.6 Å². The summed E-state index contributed by atoms with van der Waals surface area (Å²) in [4.78, 5) is 26.0. The highest BCUT2D eigenvalue weighted by Gasteiger charge is 2.34. The third-order valence-electron chi connectivity index (χ3n) is 5.81. The summed E-state index contributed by atoms with van der Waals surface area (Å²) in [6.07, 6.45) is -6.07. The summed E-state index contributed by atoms with van der Waals surface area (Å²) in [5.74, 6) is -1.48. The molecule has 0 saturated carbocycles. The Labute approximate surface area is 203 Å². The van der Waals surface area contributed by atoms with E-state index in [0.29, 0.717) is 30.0 Å². The molecule has 1 unspecified atom stereocenters. The SMILES string of the molecule is C=C(NC(=O)c1c(C(C)F)nn2c1N(Cc1cccc(C(F)(F)F)c1)CC2)c1ccc(C(=O)O)cc1. The van der Waals surface area contributed by atoms with Gasteiger partial charge in [-0.1, -0.05) is 30.8 Å². The molecule has 0 aliphatic carbocycles. The van der Waals surface area contributed by atoms with Gasteiger partial charge in [0.25, 0.3) is 5.91 Å². The van der Waals surface area contributed by atoms with Crippen molar-refractivity contribution < 1.29 is 32.3 Å². The summed E-state index contributed by atoms with van der Waals surface area (Å²) in [7, 11) is 0. The van der Waals surface area contributed by atoms with Gasteiger partial charge in [0.15, 0.2) is 0 Å². The summed E-state index contributed by atoms with van der Waals surface area (Å²) in [5.41, 5.74) is 0.149. The number of alkyl halides is 4. The maximum absolute atomic E-state index is 14.4. The number of carboxylic acid groups (broad SMARTS) is 1. The average Bonchev–Trinajstić information content (AvgIpc) is 3.39. The van der Waals surface area contributed by atoms with Crippen LogP contribution in [0.4, 0.5) is 23.4 Å². The van der Waals surface area contributed by atoms with Crippen molar-refractivity contribution >= 4 is 23.4 Å². The molecule has 7 nitrogen and oxygen atoms in total. The van der Waals surface area contributed by atoms with Gasteiger partial charge in [-0.3, -0.25) is 4.79 Å². The molecule has 0 spiro atoms. The Bertz CT molecular complexity index is 1330. The van der Waals surface area contributed by atoms with Crippen LogP contribution in [0.2, 0.25) is 0 Å². The largest absolute Gasteiger partial charge is 0.478 e. The molecule has 11 heteroatoms. The number of fused-ring (bicyclic) bond motifs is 1. The van der Waals surface area contributed by atoms with Crippen LogP contribution in [0.1, 0.15) is 56.2 Å². The van der Waals surface area contributed by atoms with Crippen molar-refractivity contribution in [1.29, 1.82) is 0 Å². The van der Waals surface area contributed by atoms with E-state index in [2.05, 4.69) is 17.0 Å². The monoisotopic (exact) mass is 502 g/mol. The third-order valence-corrected chi connectivity index (χ3v) is 5.81. The lowest BCUT2D eigenvalue weighted by Gasteiger charge is -2.20. The summed E-state index contributed by atoms with van der Waals surface area (Å²) in [5, 5.41) is 15.9. The fraction of sp³-hybridized carbons (Fsp3) is 0.240. The van der Waals surface area contributed by atoms with Crippen molar-refractivity contribution in [3.63, 3.8) is 0 Å². The van der Waals surface area contributed by atoms with Gasteiger partial charge in [-0.05, 0) is 42.3 Å². The highest BCUT2D eigenvalue weighted by Crippen LogP contribution is 2.35. The highest BCUT2D eigenvalue weighted by molar-refractivity contribution is 6.04. The number of aromatic nitrogens is 2. The van der Waals surface area contributed by atoms with E-state index in [-0.39, 0.29) is 29.1 Å². The first-order valence-electron chi connectivity index (χ1n) is 11.0. The maximum atomic E-state index is 14.4. The number of anilines is 1. The Morgan fingerprint density at radius 1 is 1.14 bits per heavy atom. The van der Waals surface area contributed by atoms with Crippen molar-refractivity contribution in [1.82, 2.24) is 15.1 Å². The molecule has 1 atom stereocenters. The number of carboxylic acids is 1. The number of rotatable bonds is 7. The number of carbonyl (C=O) groups excluding carboxylic acids is 1. The molecule has 0 fully saturated rings. The lowest BCUT2D eigenvalue weighted by atomic mass is 10.1. The first kappa shape index (κ1) is 25.0. The molecule has 188 valence electrons. The number of halogens is 4. The number of hydrogen-bond donors (Lipinski definition) is 2. The lowest BCUT2D eigenvalue weighted by molar-refractivity contribution is -0.137. The molecule has 0 radical (unpaired) electrons. The molecule has 0 bridgehead atoms. The van der Waals surface area contributed by atoms with Crippen LogP contribution in [0.3, 0.4) is 0 Å². The molecule has 1 amide bonds. The Hall–Kier alpha value is -4.15. The quantitative estimate of drug-likeness (QED) is 0.442. The molecule has 4 rings (SSSR count). The van der Waals surface area contributed by atoms with Crippen LogP contribution in [-0.2, 0) is 19.3 Å². The second-order valence-corrected chi connectivity index (χ2v) is 8.36. The molecule has 2 aromatic carbocycles. The molecular weight excluding hydrogens is 480 g/mol. The van der Waals surface area contributed by atoms with E-state index in [9.17, 15) is 27.2 Å². The average molecular weight is 502 g/mol. The lowest BCUT2D eigenvalue weighted by Crippen LogP contribution is -2.27. The normalized spacial score (nSPS) is 13.9. The van der Waals surface area contributed by atoms with Gasteiger partial charge >= 0.3 is 12.1 Å². The fourth-order valence-corrected chi connectivity index (χ4v) is 4.07. The minimum Gasteiger partial charge on any atom is -0.478 e. The van der Waals surface area contributed by atoms with Crippen molar-refractivity contribution in [3.8, 4) is 0 Å². The van der Waals surface area contributed by atoms with Gasteiger partial charge in [0.2, 0.25) is 0 Å². The van der Waals surface area contributed by atoms with Gasteiger partial charge in [0, 0.05) is 18.8 Å². The zero-order valence-corrected chi connectivity index (χ0v) is 19.1. The standard InChI is InChI=1S/C25H22F4N4O3/c1-14(26)21-20(22(34)30-15(2)17-6-8-18(9-7-17)24(35)36)23-32(10-11-33(23)31-21)13-16-4-3-5-19(12-16)25(27,28)29/h3-9,12,14H,2,10-11,13H2,1H3,(H,30,34)(H,35,36). The van der Waals surface area contributed by atoms with Gasteiger partial charge in [0.05, 0.1) is 17.7 Å². The number of nitrogens with zero attached hydrogens (tertiary/aromatic N) is 3. The van der Waals surface area contributed by atoms with E-state index in [4.69, 9.17) is 5.11 Å². The van der Waals surface area contributed by atoms with Crippen molar-refractivity contribution in [2.75, 3.05) is 11.4 Å². The number of benzene rings is 2. The topological polar surface area (TPSA) is 87.5 Å². The van der Waals surface area contributed by atoms with Gasteiger partial charge in [0.1, 0.15) is 23.2 Å². The van der Waals surface area contributed by atoms with Gasteiger partial charge in [-0.2, -0.15) is 18.3 Å². The zero-order chi connectivity index (χ0) is 26.2. The van der Waals surface area contributed by atoms with E-state index in [1.807, 2.05) is 0 Å². The molecule has 36 heavy (non-hydrogen) atoms. The molecule has 2 N–H and O–H groups in total. The zero-order valence-electron chi connectivity index (χ0n) is 19.1. The van der Waals surface area contributed by atoms with Crippen LogP contribution in [0.25, 0.3) is 5.70 Å². The number of nitrogens with one attached hydrogen (secondary N) is 1. The highest BCUT2D eigenvalue weighted by atomic mass is 19.4. The van der Waals surface area contributed by atoms with E-state index in [0.717, 1.165) is 12.1 Å². The summed E-state index contributed by atoms with van der Waals surface area (Å²) in [6, 6.07) is 10.6. The van der Waals surface area contributed by atoms with Gasteiger partial charge < -0.3 is 15.3 Å². The molecule has 2 heterocycles. The van der Waals surface area contributed by atoms with Crippen LogP contribution < -0.4 is 10.2 Å². The number of aromatic carboxylic acids is 1. The molecule has 1 aliphatic heterocycles. The Balaban J connectivity index is 1.62. The molecule has 0 saturated heterocycles. The van der Waals surface area contributed by atoms with Crippen molar-refractivity contribution in [2.45, 2.75) is 32.4 Å². The minimum absolute atomic E-state index is 0.0298. The molecule has 3 aromatic rings. The summed E-state index contributed by atoms with van der Waals surface area (Å²) < 4.78 is 55.4. The Morgan fingerprint density at radius 2 is 1.81 bits per heavy atom. The first-order chi connectivity index (χ1) is 17.0. The Kier molecular flexibility index (Phi) is 6.57. The fourth-order valence-electron chi connectivity index (χ4n) is 4.07. The van der Waals surface area contributed by atoms with Crippen LogP contribution >= 0.6 is 0 Å².